The number of amidine groups is 1. The molecule has 0 unspecified atom stereocenters. The molecule has 16 heavy (non-hydrogen) atoms. The molecule has 0 aliphatic carbocycles. The summed E-state index contributed by atoms with van der Waals surface area (Å²) >= 11 is 5.37. The van der Waals surface area contributed by atoms with E-state index in [-0.39, 0.29) is 5.54 Å². The lowest BCUT2D eigenvalue weighted by Crippen LogP contribution is -2.15. The quantitative estimate of drug-likeness (QED) is 0.846. The van der Waals surface area contributed by atoms with E-state index >= 15 is 0 Å². The maximum atomic E-state index is 4.63. The second-order valence-corrected chi connectivity index (χ2v) is 6.34. The monoisotopic (exact) mass is 298 g/mol. The van der Waals surface area contributed by atoms with Crippen molar-refractivity contribution in [3.63, 3.8) is 0 Å². The summed E-state index contributed by atoms with van der Waals surface area (Å²) in [7, 11) is 0. The number of rotatable bonds is 1. The van der Waals surface area contributed by atoms with Gasteiger partial charge in [-0.1, -0.05) is 23.9 Å². The van der Waals surface area contributed by atoms with Crippen molar-refractivity contribution in [3.8, 4) is 0 Å². The summed E-state index contributed by atoms with van der Waals surface area (Å²) < 4.78 is 1.11. The zero-order chi connectivity index (χ0) is 11.8. The Bertz CT molecular complexity index is 441. The number of nitrogens with zero attached hydrogens (tertiary/aromatic N) is 1. The number of nitrogens with one attached hydrogen (secondary N) is 1. The first kappa shape index (κ1) is 12.0. The molecule has 1 N–H and O–H groups in total. The van der Waals surface area contributed by atoms with Crippen molar-refractivity contribution in [2.75, 3.05) is 11.1 Å². The average Bonchev–Trinajstić information content (AvgIpc) is 2.53. The molecular formula is C12H15BrN2S. The highest BCUT2D eigenvalue weighted by molar-refractivity contribution is 9.10. The van der Waals surface area contributed by atoms with Crippen LogP contribution < -0.4 is 5.32 Å². The van der Waals surface area contributed by atoms with E-state index in [1.807, 2.05) is 6.07 Å². The average molecular weight is 299 g/mol. The normalized spacial score (nSPS) is 18.4. The van der Waals surface area contributed by atoms with Crippen LogP contribution in [0.5, 0.6) is 0 Å². The fraction of sp³-hybridized carbons (Fsp3) is 0.417. The van der Waals surface area contributed by atoms with Gasteiger partial charge < -0.3 is 5.32 Å². The zero-order valence-corrected chi connectivity index (χ0v) is 12.1. The van der Waals surface area contributed by atoms with E-state index in [0.29, 0.717) is 0 Å². The highest BCUT2D eigenvalue weighted by Gasteiger charge is 2.25. The van der Waals surface area contributed by atoms with Crippen LogP contribution in [-0.2, 0) is 0 Å². The minimum atomic E-state index is 0.0588. The Kier molecular flexibility index (Phi) is 3.31. The molecule has 0 bridgehead atoms. The minimum absolute atomic E-state index is 0.0588. The van der Waals surface area contributed by atoms with Crippen LogP contribution in [0.2, 0.25) is 0 Å². The van der Waals surface area contributed by atoms with E-state index in [4.69, 9.17) is 0 Å². The van der Waals surface area contributed by atoms with Crippen LogP contribution in [0, 0.1) is 6.92 Å². The third-order valence-corrected chi connectivity index (χ3v) is 4.77. The standard InChI is InChI=1S/C12H15BrN2S/c1-8-5-4-6-9(10(8)13)14-11-15-12(2,3)7-16-11/h4-6H,7H2,1-3H3,(H,14,15). The molecular weight excluding hydrogens is 284 g/mol. The highest BCUT2D eigenvalue weighted by atomic mass is 79.9. The zero-order valence-electron chi connectivity index (χ0n) is 9.67. The number of benzene rings is 1. The Hall–Kier alpha value is -0.480. The van der Waals surface area contributed by atoms with Crippen molar-refractivity contribution >= 4 is 38.5 Å². The van der Waals surface area contributed by atoms with Gasteiger partial charge in [0.1, 0.15) is 0 Å². The fourth-order valence-electron chi connectivity index (χ4n) is 1.51. The maximum Gasteiger partial charge on any atom is 0.161 e. The maximum absolute atomic E-state index is 4.63. The van der Waals surface area contributed by atoms with E-state index in [2.05, 4.69) is 59.1 Å². The number of halogens is 1. The van der Waals surface area contributed by atoms with Gasteiger partial charge in [0.15, 0.2) is 5.17 Å². The first-order valence-corrected chi connectivity index (χ1v) is 7.01. The first-order chi connectivity index (χ1) is 7.48. The number of anilines is 1. The van der Waals surface area contributed by atoms with Crippen LogP contribution >= 0.6 is 27.7 Å². The second-order valence-electron chi connectivity index (χ2n) is 4.58. The largest absolute Gasteiger partial charge is 0.334 e. The van der Waals surface area contributed by atoms with Gasteiger partial charge in [-0.3, -0.25) is 4.99 Å². The Labute approximate surface area is 109 Å². The highest BCUT2D eigenvalue weighted by Crippen LogP contribution is 2.31. The molecule has 1 heterocycles. The van der Waals surface area contributed by atoms with E-state index in [1.54, 1.807) is 11.8 Å². The van der Waals surface area contributed by atoms with E-state index in [0.717, 1.165) is 21.1 Å². The molecule has 0 saturated heterocycles. The van der Waals surface area contributed by atoms with Crippen molar-refractivity contribution in [1.29, 1.82) is 0 Å². The molecule has 1 aromatic carbocycles. The van der Waals surface area contributed by atoms with E-state index in [9.17, 15) is 0 Å². The van der Waals surface area contributed by atoms with Gasteiger partial charge in [-0.15, -0.1) is 0 Å². The first-order valence-electron chi connectivity index (χ1n) is 5.23. The van der Waals surface area contributed by atoms with Crippen LogP contribution in [-0.4, -0.2) is 16.5 Å². The topological polar surface area (TPSA) is 24.4 Å². The molecule has 2 rings (SSSR count). The summed E-state index contributed by atoms with van der Waals surface area (Å²) in [5.74, 6) is 1.04. The third-order valence-electron chi connectivity index (χ3n) is 2.40. The molecule has 4 heteroatoms. The van der Waals surface area contributed by atoms with Crippen LogP contribution in [0.4, 0.5) is 5.69 Å². The van der Waals surface area contributed by atoms with Crippen molar-refractivity contribution in [3.05, 3.63) is 28.2 Å². The smallest absolute Gasteiger partial charge is 0.161 e. The van der Waals surface area contributed by atoms with E-state index in [1.165, 1.54) is 5.56 Å². The molecule has 1 aromatic rings. The predicted molar refractivity (Wildman–Crippen MR) is 76.5 cm³/mol. The van der Waals surface area contributed by atoms with Crippen molar-refractivity contribution in [2.45, 2.75) is 26.3 Å². The number of hydrogen-bond donors (Lipinski definition) is 1. The van der Waals surface area contributed by atoms with Crippen LogP contribution in [0.15, 0.2) is 27.7 Å². The molecule has 0 spiro atoms. The van der Waals surface area contributed by atoms with Gasteiger partial charge in [0.05, 0.1) is 11.2 Å². The lowest BCUT2D eigenvalue weighted by atomic mass is 10.1. The molecule has 0 saturated carbocycles. The Morgan fingerprint density at radius 1 is 1.44 bits per heavy atom. The van der Waals surface area contributed by atoms with Crippen LogP contribution in [0.1, 0.15) is 19.4 Å². The lowest BCUT2D eigenvalue weighted by Gasteiger charge is -2.10. The van der Waals surface area contributed by atoms with Crippen LogP contribution in [0.3, 0.4) is 0 Å². The van der Waals surface area contributed by atoms with E-state index < -0.39 is 0 Å². The molecule has 0 atom stereocenters. The van der Waals surface area contributed by atoms with Crippen LogP contribution in [0.25, 0.3) is 0 Å². The summed E-state index contributed by atoms with van der Waals surface area (Å²) in [4.78, 5) is 4.63. The fourth-order valence-corrected chi connectivity index (χ4v) is 2.92. The van der Waals surface area contributed by atoms with Gasteiger partial charge in [-0.05, 0) is 48.3 Å². The predicted octanol–water partition coefficient (Wildman–Crippen LogP) is 4.05. The Morgan fingerprint density at radius 2 is 2.19 bits per heavy atom. The summed E-state index contributed by atoms with van der Waals surface area (Å²) in [5.41, 5.74) is 2.38. The summed E-state index contributed by atoms with van der Waals surface area (Å²) in [6.07, 6.45) is 0. The van der Waals surface area contributed by atoms with Gasteiger partial charge in [0, 0.05) is 10.2 Å². The van der Waals surface area contributed by atoms with Crippen molar-refractivity contribution in [2.24, 2.45) is 4.99 Å². The number of aliphatic imine (C=N–C) groups is 1. The number of aryl methyl sites for hydroxylation is 1. The molecule has 1 aliphatic rings. The Balaban J connectivity index is 2.20. The van der Waals surface area contributed by atoms with Gasteiger partial charge in [0.2, 0.25) is 0 Å². The summed E-state index contributed by atoms with van der Waals surface area (Å²) in [6.45, 7) is 6.39. The van der Waals surface area contributed by atoms with Gasteiger partial charge in [-0.25, -0.2) is 0 Å². The number of hydrogen-bond acceptors (Lipinski definition) is 3. The SMILES string of the molecule is Cc1cccc(NC2=NC(C)(C)CS2)c1Br. The number of thioether (sulfide) groups is 1. The molecule has 1 aliphatic heterocycles. The summed E-state index contributed by atoms with van der Waals surface area (Å²) in [5, 5.41) is 4.38. The van der Waals surface area contributed by atoms with Gasteiger partial charge in [0.25, 0.3) is 0 Å². The molecule has 2 nitrogen and oxygen atoms in total. The lowest BCUT2D eigenvalue weighted by molar-refractivity contribution is 0.605. The third kappa shape index (κ3) is 2.61. The van der Waals surface area contributed by atoms with Gasteiger partial charge in [-0.2, -0.15) is 0 Å². The molecule has 0 radical (unpaired) electrons. The second kappa shape index (κ2) is 4.41. The van der Waals surface area contributed by atoms with Crippen molar-refractivity contribution in [1.82, 2.24) is 0 Å². The van der Waals surface area contributed by atoms with Gasteiger partial charge >= 0.3 is 0 Å². The Morgan fingerprint density at radius 3 is 2.81 bits per heavy atom. The minimum Gasteiger partial charge on any atom is -0.334 e. The molecule has 0 amide bonds. The molecule has 0 aromatic heterocycles. The molecule has 0 fully saturated rings. The summed E-state index contributed by atoms with van der Waals surface area (Å²) in [6, 6.07) is 6.20. The van der Waals surface area contributed by atoms with Crippen molar-refractivity contribution < 1.29 is 0 Å². The molecule has 86 valence electrons.